The lowest BCUT2D eigenvalue weighted by Gasteiger charge is -2.34. The second-order valence-electron chi connectivity index (χ2n) is 6.12. The van der Waals surface area contributed by atoms with Crippen LogP contribution in [0.15, 0.2) is 0 Å². The third-order valence-electron chi connectivity index (χ3n) is 4.78. The maximum Gasteiger partial charge on any atom is 0.223 e. The SMILES string of the molecule is CC(=O)N1CCC(C(=O)NC2CCCCC2CO)CC1. The van der Waals surface area contributed by atoms with E-state index in [2.05, 4.69) is 5.32 Å². The van der Waals surface area contributed by atoms with Crippen LogP contribution in [0.1, 0.15) is 45.4 Å². The zero-order valence-electron chi connectivity index (χ0n) is 12.3. The fraction of sp³-hybridized carbons (Fsp3) is 0.867. The van der Waals surface area contributed by atoms with E-state index in [-0.39, 0.29) is 36.3 Å². The highest BCUT2D eigenvalue weighted by Gasteiger charge is 2.30. The van der Waals surface area contributed by atoms with Crippen LogP contribution in [0, 0.1) is 11.8 Å². The van der Waals surface area contributed by atoms with Gasteiger partial charge in [0.05, 0.1) is 0 Å². The normalized spacial score (nSPS) is 28.2. The van der Waals surface area contributed by atoms with Crippen LogP contribution in [0.3, 0.4) is 0 Å². The summed E-state index contributed by atoms with van der Waals surface area (Å²) in [6, 6.07) is 0.132. The van der Waals surface area contributed by atoms with Crippen LogP contribution in [0.2, 0.25) is 0 Å². The molecule has 2 fully saturated rings. The van der Waals surface area contributed by atoms with Gasteiger partial charge in [0.1, 0.15) is 0 Å². The summed E-state index contributed by atoms with van der Waals surface area (Å²) in [6.07, 6.45) is 5.76. The molecule has 2 atom stereocenters. The molecule has 0 bridgehead atoms. The van der Waals surface area contributed by atoms with Crippen molar-refractivity contribution in [3.8, 4) is 0 Å². The summed E-state index contributed by atoms with van der Waals surface area (Å²) < 4.78 is 0. The van der Waals surface area contributed by atoms with Crippen molar-refractivity contribution >= 4 is 11.8 Å². The van der Waals surface area contributed by atoms with Crippen molar-refractivity contribution in [2.45, 2.75) is 51.5 Å². The zero-order chi connectivity index (χ0) is 14.5. The second-order valence-corrected chi connectivity index (χ2v) is 6.12. The maximum atomic E-state index is 12.3. The summed E-state index contributed by atoms with van der Waals surface area (Å²) in [6.45, 7) is 3.10. The fourth-order valence-electron chi connectivity index (χ4n) is 3.37. The minimum absolute atomic E-state index is 0.0202. The molecule has 2 rings (SSSR count). The Labute approximate surface area is 120 Å². The molecule has 20 heavy (non-hydrogen) atoms. The van der Waals surface area contributed by atoms with E-state index in [0.29, 0.717) is 13.1 Å². The quantitative estimate of drug-likeness (QED) is 0.808. The summed E-state index contributed by atoms with van der Waals surface area (Å²) in [7, 11) is 0. The molecule has 1 aliphatic carbocycles. The lowest BCUT2D eigenvalue weighted by atomic mass is 9.84. The third-order valence-corrected chi connectivity index (χ3v) is 4.78. The smallest absolute Gasteiger partial charge is 0.223 e. The molecular weight excluding hydrogens is 256 g/mol. The first kappa shape index (κ1) is 15.3. The minimum atomic E-state index is 0.0202. The molecule has 0 aromatic rings. The van der Waals surface area contributed by atoms with E-state index in [1.54, 1.807) is 11.8 Å². The number of carbonyl (C=O) groups is 2. The van der Waals surface area contributed by atoms with Crippen LogP contribution < -0.4 is 5.32 Å². The van der Waals surface area contributed by atoms with Crippen molar-refractivity contribution in [3.63, 3.8) is 0 Å². The molecule has 1 saturated carbocycles. The number of likely N-dealkylation sites (tertiary alicyclic amines) is 1. The average molecular weight is 282 g/mol. The molecule has 0 spiro atoms. The predicted octanol–water partition coefficient (Wildman–Crippen LogP) is 0.912. The number of amides is 2. The number of aliphatic hydroxyl groups is 1. The van der Waals surface area contributed by atoms with Gasteiger partial charge in [-0.15, -0.1) is 0 Å². The molecule has 0 aromatic heterocycles. The van der Waals surface area contributed by atoms with Gasteiger partial charge in [-0.2, -0.15) is 0 Å². The van der Waals surface area contributed by atoms with E-state index in [1.807, 2.05) is 0 Å². The Morgan fingerprint density at radius 1 is 1.15 bits per heavy atom. The number of rotatable bonds is 3. The topological polar surface area (TPSA) is 69.6 Å². The first-order valence-corrected chi connectivity index (χ1v) is 7.78. The number of hydrogen-bond donors (Lipinski definition) is 2. The van der Waals surface area contributed by atoms with E-state index in [1.165, 1.54) is 0 Å². The van der Waals surface area contributed by atoms with E-state index in [9.17, 15) is 14.7 Å². The zero-order valence-corrected chi connectivity index (χ0v) is 12.3. The molecule has 1 saturated heterocycles. The summed E-state index contributed by atoms with van der Waals surface area (Å²) >= 11 is 0. The number of nitrogens with zero attached hydrogens (tertiary/aromatic N) is 1. The van der Waals surface area contributed by atoms with Gasteiger partial charge in [-0.3, -0.25) is 9.59 Å². The first-order chi connectivity index (χ1) is 9.61. The largest absolute Gasteiger partial charge is 0.396 e. The average Bonchev–Trinajstić information content (AvgIpc) is 2.48. The van der Waals surface area contributed by atoms with Crippen LogP contribution in [0.25, 0.3) is 0 Å². The van der Waals surface area contributed by atoms with Crippen molar-refractivity contribution in [2.24, 2.45) is 11.8 Å². The summed E-state index contributed by atoms with van der Waals surface area (Å²) in [5, 5.41) is 12.5. The van der Waals surface area contributed by atoms with E-state index in [0.717, 1.165) is 38.5 Å². The Bertz CT molecular complexity index is 351. The van der Waals surface area contributed by atoms with Gasteiger partial charge in [-0.05, 0) is 25.7 Å². The van der Waals surface area contributed by atoms with Gasteiger partial charge in [0.15, 0.2) is 0 Å². The molecule has 5 heteroatoms. The van der Waals surface area contributed by atoms with Gasteiger partial charge in [0.2, 0.25) is 11.8 Å². The van der Waals surface area contributed by atoms with Crippen molar-refractivity contribution < 1.29 is 14.7 Å². The molecule has 5 nitrogen and oxygen atoms in total. The van der Waals surface area contributed by atoms with Gasteiger partial charge in [0, 0.05) is 44.5 Å². The number of piperidine rings is 1. The van der Waals surface area contributed by atoms with Gasteiger partial charge in [0.25, 0.3) is 0 Å². The number of nitrogens with one attached hydrogen (secondary N) is 1. The van der Waals surface area contributed by atoms with Gasteiger partial charge < -0.3 is 15.3 Å². The minimum Gasteiger partial charge on any atom is -0.396 e. The Morgan fingerprint density at radius 2 is 1.80 bits per heavy atom. The van der Waals surface area contributed by atoms with E-state index >= 15 is 0 Å². The van der Waals surface area contributed by atoms with Crippen LogP contribution in [0.4, 0.5) is 0 Å². The van der Waals surface area contributed by atoms with Crippen molar-refractivity contribution in [3.05, 3.63) is 0 Å². The van der Waals surface area contributed by atoms with E-state index < -0.39 is 0 Å². The Kier molecular flexibility index (Phi) is 5.40. The molecule has 1 heterocycles. The van der Waals surface area contributed by atoms with Crippen LogP contribution in [-0.2, 0) is 9.59 Å². The highest BCUT2D eigenvalue weighted by Crippen LogP contribution is 2.25. The predicted molar refractivity (Wildman–Crippen MR) is 76.0 cm³/mol. The molecule has 2 aliphatic rings. The van der Waals surface area contributed by atoms with Crippen molar-refractivity contribution in [1.82, 2.24) is 10.2 Å². The van der Waals surface area contributed by atoms with Crippen molar-refractivity contribution in [1.29, 1.82) is 0 Å². The standard InChI is InChI=1S/C15H26N2O3/c1-11(19)17-8-6-12(7-9-17)15(20)16-14-5-3-2-4-13(14)10-18/h12-14,18H,2-10H2,1H3,(H,16,20). The first-order valence-electron chi connectivity index (χ1n) is 7.78. The fourth-order valence-corrected chi connectivity index (χ4v) is 3.37. The molecule has 0 aromatic carbocycles. The van der Waals surface area contributed by atoms with Crippen molar-refractivity contribution in [2.75, 3.05) is 19.7 Å². The monoisotopic (exact) mass is 282 g/mol. The summed E-state index contributed by atoms with van der Waals surface area (Å²) in [5.74, 6) is 0.437. The highest BCUT2D eigenvalue weighted by molar-refractivity contribution is 5.79. The van der Waals surface area contributed by atoms with Gasteiger partial charge in [-0.25, -0.2) is 0 Å². The molecule has 114 valence electrons. The number of aliphatic hydroxyl groups excluding tert-OH is 1. The molecule has 2 N–H and O–H groups in total. The van der Waals surface area contributed by atoms with Crippen LogP contribution in [-0.4, -0.2) is 47.6 Å². The molecule has 2 unspecified atom stereocenters. The lowest BCUT2D eigenvalue weighted by Crippen LogP contribution is -2.48. The van der Waals surface area contributed by atoms with Crippen LogP contribution in [0.5, 0.6) is 0 Å². The van der Waals surface area contributed by atoms with Gasteiger partial charge in [-0.1, -0.05) is 12.8 Å². The number of hydrogen-bond acceptors (Lipinski definition) is 3. The summed E-state index contributed by atoms with van der Waals surface area (Å²) in [4.78, 5) is 25.4. The third kappa shape index (κ3) is 3.72. The molecule has 1 aliphatic heterocycles. The van der Waals surface area contributed by atoms with Gasteiger partial charge >= 0.3 is 0 Å². The molecule has 2 amide bonds. The summed E-state index contributed by atoms with van der Waals surface area (Å²) in [5.41, 5.74) is 0. The van der Waals surface area contributed by atoms with E-state index in [4.69, 9.17) is 0 Å². The molecule has 0 radical (unpaired) electrons. The maximum absolute atomic E-state index is 12.3. The Hall–Kier alpha value is -1.10. The van der Waals surface area contributed by atoms with Crippen LogP contribution >= 0.6 is 0 Å². The number of carbonyl (C=O) groups excluding carboxylic acids is 2. The lowest BCUT2D eigenvalue weighted by molar-refractivity contribution is -0.134. The molecular formula is C15H26N2O3. The highest BCUT2D eigenvalue weighted by atomic mass is 16.3. The Morgan fingerprint density at radius 3 is 2.40 bits per heavy atom. The second kappa shape index (κ2) is 7.07. The Balaban J connectivity index is 1.81.